The lowest BCUT2D eigenvalue weighted by molar-refractivity contribution is 0.141. The van der Waals surface area contributed by atoms with Gasteiger partial charge in [-0.25, -0.2) is 12.7 Å². The van der Waals surface area contributed by atoms with Crippen LogP contribution >= 0.6 is 0 Å². The normalized spacial score (nSPS) is 22.1. The van der Waals surface area contributed by atoms with Crippen LogP contribution in [0.1, 0.15) is 60.3 Å². The Hall–Kier alpha value is -0.130. The Balaban J connectivity index is 2.62. The van der Waals surface area contributed by atoms with Crippen molar-refractivity contribution >= 4 is 10.0 Å². The number of sulfonamides is 1. The first-order valence-electron chi connectivity index (χ1n) is 8.00. The molecule has 1 aliphatic rings. The van der Waals surface area contributed by atoms with Crippen LogP contribution < -0.4 is 5.32 Å². The summed E-state index contributed by atoms with van der Waals surface area (Å²) in [6.07, 6.45) is 4.32. The molecular formula is C15H32N2O2S. The third-order valence-electron chi connectivity index (χ3n) is 4.96. The van der Waals surface area contributed by atoms with Crippen LogP contribution in [0.5, 0.6) is 0 Å². The van der Waals surface area contributed by atoms with E-state index in [9.17, 15) is 8.42 Å². The van der Waals surface area contributed by atoms with Crippen LogP contribution in [-0.4, -0.2) is 43.6 Å². The Bertz CT molecular complexity index is 379. The van der Waals surface area contributed by atoms with Crippen molar-refractivity contribution in [1.82, 2.24) is 9.62 Å². The molecule has 1 unspecified atom stereocenters. The molecular weight excluding hydrogens is 272 g/mol. The first kappa shape index (κ1) is 17.9. The van der Waals surface area contributed by atoms with Crippen LogP contribution in [0.25, 0.3) is 0 Å². The molecule has 0 aromatic heterocycles. The van der Waals surface area contributed by atoms with Gasteiger partial charge in [-0.3, -0.25) is 0 Å². The number of piperidine rings is 1. The van der Waals surface area contributed by atoms with Crippen LogP contribution in [0.2, 0.25) is 0 Å². The fourth-order valence-electron chi connectivity index (χ4n) is 2.93. The molecule has 0 saturated carbocycles. The van der Waals surface area contributed by atoms with Gasteiger partial charge in [-0.2, -0.15) is 0 Å². The predicted molar refractivity (Wildman–Crippen MR) is 85.3 cm³/mol. The number of nitrogens with one attached hydrogen (secondary N) is 1. The minimum Gasteiger partial charge on any atom is -0.313 e. The van der Waals surface area contributed by atoms with E-state index < -0.39 is 10.0 Å². The molecule has 5 heteroatoms. The van der Waals surface area contributed by atoms with Crippen molar-refractivity contribution in [2.75, 3.05) is 19.6 Å². The summed E-state index contributed by atoms with van der Waals surface area (Å²) in [5, 5.41) is 2.88. The highest BCUT2D eigenvalue weighted by Gasteiger charge is 2.37. The first-order chi connectivity index (χ1) is 9.27. The van der Waals surface area contributed by atoms with Crippen molar-refractivity contribution in [2.45, 2.75) is 71.6 Å². The zero-order valence-corrected chi connectivity index (χ0v) is 14.6. The Labute approximate surface area is 125 Å². The van der Waals surface area contributed by atoms with Crippen LogP contribution in [0.4, 0.5) is 0 Å². The lowest BCUT2D eigenvalue weighted by atomic mass is 9.75. The molecule has 1 N–H and O–H groups in total. The minimum absolute atomic E-state index is 0.321. The first-order valence-corrected chi connectivity index (χ1v) is 9.50. The highest BCUT2D eigenvalue weighted by Crippen LogP contribution is 2.38. The zero-order chi connectivity index (χ0) is 15.4. The molecule has 1 rings (SSSR count). The van der Waals surface area contributed by atoms with Crippen LogP contribution in [0.3, 0.4) is 0 Å². The third-order valence-corrected chi connectivity index (χ3v) is 7.23. The van der Waals surface area contributed by atoms with Crippen molar-refractivity contribution in [2.24, 2.45) is 5.41 Å². The number of hydrogen-bond acceptors (Lipinski definition) is 3. The maximum absolute atomic E-state index is 12.6. The molecule has 1 atom stereocenters. The van der Waals surface area contributed by atoms with Gasteiger partial charge in [-0.15, -0.1) is 0 Å². The van der Waals surface area contributed by atoms with E-state index in [0.29, 0.717) is 31.1 Å². The second-order valence-corrected chi connectivity index (χ2v) is 8.88. The molecule has 4 nitrogen and oxygen atoms in total. The lowest BCUT2D eigenvalue weighted by Crippen LogP contribution is -2.48. The Morgan fingerprint density at radius 1 is 1.10 bits per heavy atom. The molecule has 0 bridgehead atoms. The van der Waals surface area contributed by atoms with Gasteiger partial charge in [0.15, 0.2) is 0 Å². The van der Waals surface area contributed by atoms with Gasteiger partial charge in [0.05, 0.1) is 5.25 Å². The standard InChI is InChI=1S/C15H32N2O2S/c1-6-15(7-2)8-10-17(11-9-15)20(18,19)14(5)12-16-13(3)4/h13-14,16H,6-12H2,1-5H3. The monoisotopic (exact) mass is 304 g/mol. The number of rotatable bonds is 7. The van der Waals surface area contributed by atoms with Crippen molar-refractivity contribution in [3.63, 3.8) is 0 Å². The fourth-order valence-corrected chi connectivity index (χ4v) is 4.44. The molecule has 120 valence electrons. The Morgan fingerprint density at radius 3 is 2.00 bits per heavy atom. The van der Waals surface area contributed by atoms with E-state index in [-0.39, 0.29) is 5.25 Å². The van der Waals surface area contributed by atoms with Crippen LogP contribution in [-0.2, 0) is 10.0 Å². The van der Waals surface area contributed by atoms with E-state index in [1.165, 1.54) is 0 Å². The second-order valence-electron chi connectivity index (χ2n) is 6.52. The highest BCUT2D eigenvalue weighted by atomic mass is 32.2. The van der Waals surface area contributed by atoms with E-state index in [0.717, 1.165) is 25.7 Å². The summed E-state index contributed by atoms with van der Waals surface area (Å²) < 4.78 is 26.9. The van der Waals surface area contributed by atoms with Gasteiger partial charge in [0, 0.05) is 25.7 Å². The number of hydrogen-bond donors (Lipinski definition) is 1. The molecule has 0 aromatic carbocycles. The Morgan fingerprint density at radius 2 is 1.60 bits per heavy atom. The summed E-state index contributed by atoms with van der Waals surface area (Å²) in [5.74, 6) is 0. The maximum atomic E-state index is 12.6. The highest BCUT2D eigenvalue weighted by molar-refractivity contribution is 7.89. The SMILES string of the molecule is CCC1(CC)CCN(S(=O)(=O)C(C)CNC(C)C)CC1. The van der Waals surface area contributed by atoms with E-state index in [1.807, 2.05) is 20.8 Å². The third kappa shape index (κ3) is 4.18. The van der Waals surface area contributed by atoms with E-state index in [4.69, 9.17) is 0 Å². The molecule has 0 aliphatic carbocycles. The molecule has 1 fully saturated rings. The van der Waals surface area contributed by atoms with E-state index in [1.54, 1.807) is 4.31 Å². The van der Waals surface area contributed by atoms with Gasteiger partial charge in [0.25, 0.3) is 0 Å². The van der Waals surface area contributed by atoms with E-state index in [2.05, 4.69) is 19.2 Å². The fraction of sp³-hybridized carbons (Fsp3) is 1.00. The topological polar surface area (TPSA) is 49.4 Å². The molecule has 1 aliphatic heterocycles. The van der Waals surface area contributed by atoms with E-state index >= 15 is 0 Å². The van der Waals surface area contributed by atoms with Crippen molar-refractivity contribution in [1.29, 1.82) is 0 Å². The molecule has 0 spiro atoms. The number of nitrogens with zero attached hydrogens (tertiary/aromatic N) is 1. The van der Waals surface area contributed by atoms with Crippen molar-refractivity contribution in [3.8, 4) is 0 Å². The maximum Gasteiger partial charge on any atom is 0.217 e. The average molecular weight is 305 g/mol. The molecule has 1 heterocycles. The molecule has 1 saturated heterocycles. The van der Waals surface area contributed by atoms with Gasteiger partial charge < -0.3 is 5.32 Å². The second kappa shape index (κ2) is 7.23. The van der Waals surface area contributed by atoms with Crippen LogP contribution in [0.15, 0.2) is 0 Å². The lowest BCUT2D eigenvalue weighted by Gasteiger charge is -2.41. The summed E-state index contributed by atoms with van der Waals surface area (Å²) in [4.78, 5) is 0. The Kier molecular flexibility index (Phi) is 6.48. The average Bonchev–Trinajstić information content (AvgIpc) is 2.44. The van der Waals surface area contributed by atoms with Crippen molar-refractivity contribution < 1.29 is 8.42 Å². The minimum atomic E-state index is -3.15. The zero-order valence-electron chi connectivity index (χ0n) is 13.8. The predicted octanol–water partition coefficient (Wildman–Crippen LogP) is 2.60. The summed E-state index contributed by atoms with van der Waals surface area (Å²) in [7, 11) is -3.15. The largest absolute Gasteiger partial charge is 0.313 e. The summed E-state index contributed by atoms with van der Waals surface area (Å²) >= 11 is 0. The summed E-state index contributed by atoms with van der Waals surface area (Å²) in [6, 6.07) is 0.321. The summed E-state index contributed by atoms with van der Waals surface area (Å²) in [6.45, 7) is 12.3. The molecule has 0 amide bonds. The van der Waals surface area contributed by atoms with Crippen molar-refractivity contribution in [3.05, 3.63) is 0 Å². The van der Waals surface area contributed by atoms with Gasteiger partial charge in [0.2, 0.25) is 10.0 Å². The summed E-state index contributed by atoms with van der Waals surface area (Å²) in [5.41, 5.74) is 0.367. The molecule has 0 aromatic rings. The van der Waals surface area contributed by atoms with Gasteiger partial charge in [-0.1, -0.05) is 40.5 Å². The quantitative estimate of drug-likeness (QED) is 0.786. The van der Waals surface area contributed by atoms with Gasteiger partial charge in [0.1, 0.15) is 0 Å². The smallest absolute Gasteiger partial charge is 0.217 e. The van der Waals surface area contributed by atoms with Crippen LogP contribution in [0, 0.1) is 5.41 Å². The molecule has 20 heavy (non-hydrogen) atoms. The van der Waals surface area contributed by atoms with Gasteiger partial charge in [-0.05, 0) is 25.2 Å². The molecule has 0 radical (unpaired) electrons. The van der Waals surface area contributed by atoms with Gasteiger partial charge >= 0.3 is 0 Å².